The summed E-state index contributed by atoms with van der Waals surface area (Å²) in [4.78, 5) is 3.78. The van der Waals surface area contributed by atoms with Gasteiger partial charge in [-0.15, -0.1) is 5.92 Å². The molecule has 1 unspecified atom stereocenters. The SMILES string of the molecule is CC#CCNC(C)c1cncc(F)c1. The molecule has 0 aliphatic carbocycles. The summed E-state index contributed by atoms with van der Waals surface area (Å²) in [5.41, 5.74) is 0.836. The van der Waals surface area contributed by atoms with Gasteiger partial charge in [0, 0.05) is 12.2 Å². The van der Waals surface area contributed by atoms with E-state index in [2.05, 4.69) is 22.1 Å². The molecule has 0 bridgehead atoms. The van der Waals surface area contributed by atoms with Crippen LogP contribution in [0, 0.1) is 17.7 Å². The molecule has 0 aromatic carbocycles. The molecule has 0 aliphatic rings. The maximum Gasteiger partial charge on any atom is 0.141 e. The zero-order valence-corrected chi connectivity index (χ0v) is 8.34. The van der Waals surface area contributed by atoms with Gasteiger partial charge in [0.2, 0.25) is 0 Å². The Morgan fingerprint density at radius 2 is 2.36 bits per heavy atom. The van der Waals surface area contributed by atoms with Crippen LogP contribution in [-0.2, 0) is 0 Å². The van der Waals surface area contributed by atoms with Gasteiger partial charge < -0.3 is 0 Å². The number of hydrogen-bond acceptors (Lipinski definition) is 2. The van der Waals surface area contributed by atoms with E-state index in [0.717, 1.165) is 5.56 Å². The second-order valence-corrected chi connectivity index (χ2v) is 2.97. The highest BCUT2D eigenvalue weighted by atomic mass is 19.1. The molecule has 0 fully saturated rings. The largest absolute Gasteiger partial charge is 0.300 e. The van der Waals surface area contributed by atoms with E-state index >= 15 is 0 Å². The summed E-state index contributed by atoms with van der Waals surface area (Å²) in [6.45, 7) is 4.35. The Balaban J connectivity index is 2.58. The van der Waals surface area contributed by atoms with Gasteiger partial charge in [0.15, 0.2) is 0 Å². The second-order valence-electron chi connectivity index (χ2n) is 2.97. The molecule has 1 aromatic heterocycles. The van der Waals surface area contributed by atoms with Crippen molar-refractivity contribution in [2.45, 2.75) is 19.9 Å². The minimum absolute atomic E-state index is 0.0686. The van der Waals surface area contributed by atoms with Crippen LogP contribution in [0.25, 0.3) is 0 Å². The van der Waals surface area contributed by atoms with E-state index < -0.39 is 0 Å². The number of pyridine rings is 1. The normalized spacial score (nSPS) is 11.6. The van der Waals surface area contributed by atoms with Crippen LogP contribution < -0.4 is 5.32 Å². The minimum atomic E-state index is -0.308. The Hall–Kier alpha value is -1.40. The number of nitrogens with one attached hydrogen (secondary N) is 1. The lowest BCUT2D eigenvalue weighted by Crippen LogP contribution is -2.19. The van der Waals surface area contributed by atoms with Crippen LogP contribution in [0.2, 0.25) is 0 Å². The molecule has 0 aliphatic heterocycles. The van der Waals surface area contributed by atoms with Crippen molar-refractivity contribution in [3.05, 3.63) is 29.8 Å². The van der Waals surface area contributed by atoms with Gasteiger partial charge in [0.05, 0.1) is 12.7 Å². The second kappa shape index (κ2) is 5.36. The van der Waals surface area contributed by atoms with Gasteiger partial charge in [-0.3, -0.25) is 10.3 Å². The van der Waals surface area contributed by atoms with Crippen molar-refractivity contribution in [2.24, 2.45) is 0 Å². The molecular weight excluding hydrogens is 179 g/mol. The Morgan fingerprint density at radius 3 is 3.00 bits per heavy atom. The molecule has 3 heteroatoms. The highest BCUT2D eigenvalue weighted by Crippen LogP contribution is 2.10. The average molecular weight is 192 g/mol. The van der Waals surface area contributed by atoms with Gasteiger partial charge in [-0.1, -0.05) is 5.92 Å². The standard InChI is InChI=1S/C11H13FN2/c1-3-4-5-14-9(2)10-6-11(12)8-13-7-10/h6-9,14H,5H2,1-2H3. The summed E-state index contributed by atoms with van der Waals surface area (Å²) in [5, 5.41) is 3.15. The molecule has 1 heterocycles. The number of hydrogen-bond donors (Lipinski definition) is 1. The van der Waals surface area contributed by atoms with Crippen molar-refractivity contribution in [1.82, 2.24) is 10.3 Å². The third kappa shape index (κ3) is 3.15. The summed E-state index contributed by atoms with van der Waals surface area (Å²) in [6.07, 6.45) is 2.85. The van der Waals surface area contributed by atoms with Crippen molar-refractivity contribution in [2.75, 3.05) is 6.54 Å². The van der Waals surface area contributed by atoms with Crippen LogP contribution in [0.15, 0.2) is 18.5 Å². The smallest absolute Gasteiger partial charge is 0.141 e. The predicted octanol–water partition coefficient (Wildman–Crippen LogP) is 1.89. The van der Waals surface area contributed by atoms with E-state index in [1.54, 1.807) is 13.1 Å². The topological polar surface area (TPSA) is 24.9 Å². The van der Waals surface area contributed by atoms with Gasteiger partial charge in [0.1, 0.15) is 5.82 Å². The Labute approximate surface area is 83.6 Å². The molecule has 0 spiro atoms. The molecule has 0 saturated carbocycles. The van der Waals surface area contributed by atoms with Gasteiger partial charge in [0.25, 0.3) is 0 Å². The quantitative estimate of drug-likeness (QED) is 0.740. The van der Waals surface area contributed by atoms with Crippen LogP contribution in [-0.4, -0.2) is 11.5 Å². The molecule has 14 heavy (non-hydrogen) atoms. The van der Waals surface area contributed by atoms with Crippen molar-refractivity contribution in [3.8, 4) is 11.8 Å². The fourth-order valence-corrected chi connectivity index (χ4v) is 1.08. The summed E-state index contributed by atoms with van der Waals surface area (Å²) in [7, 11) is 0. The lowest BCUT2D eigenvalue weighted by atomic mass is 10.1. The first-order chi connectivity index (χ1) is 6.74. The molecule has 0 radical (unpaired) electrons. The molecule has 1 atom stereocenters. The maximum absolute atomic E-state index is 12.8. The van der Waals surface area contributed by atoms with Gasteiger partial charge in [-0.05, 0) is 25.5 Å². The van der Waals surface area contributed by atoms with Gasteiger partial charge in [-0.25, -0.2) is 4.39 Å². The molecule has 74 valence electrons. The van der Waals surface area contributed by atoms with Crippen molar-refractivity contribution < 1.29 is 4.39 Å². The van der Waals surface area contributed by atoms with E-state index in [0.29, 0.717) is 6.54 Å². The zero-order valence-electron chi connectivity index (χ0n) is 8.34. The molecule has 0 amide bonds. The van der Waals surface area contributed by atoms with Crippen LogP contribution in [0.4, 0.5) is 4.39 Å². The highest BCUT2D eigenvalue weighted by Gasteiger charge is 2.04. The predicted molar refractivity (Wildman–Crippen MR) is 54.1 cm³/mol. The third-order valence-corrected chi connectivity index (χ3v) is 1.90. The summed E-state index contributed by atoms with van der Waals surface area (Å²) < 4.78 is 12.8. The summed E-state index contributed by atoms with van der Waals surface area (Å²) in [5.74, 6) is 5.36. The lowest BCUT2D eigenvalue weighted by Gasteiger charge is -2.11. The summed E-state index contributed by atoms with van der Waals surface area (Å²) in [6, 6.07) is 1.54. The number of halogens is 1. The highest BCUT2D eigenvalue weighted by molar-refractivity contribution is 5.14. The van der Waals surface area contributed by atoms with E-state index in [9.17, 15) is 4.39 Å². The van der Waals surface area contributed by atoms with Gasteiger partial charge >= 0.3 is 0 Å². The molecular formula is C11H13FN2. The Kier molecular flexibility index (Phi) is 4.09. The molecule has 1 rings (SSSR count). The van der Waals surface area contributed by atoms with Crippen LogP contribution in [0.3, 0.4) is 0 Å². The van der Waals surface area contributed by atoms with Crippen molar-refractivity contribution in [3.63, 3.8) is 0 Å². The first-order valence-corrected chi connectivity index (χ1v) is 4.47. The molecule has 1 aromatic rings. The molecule has 2 nitrogen and oxygen atoms in total. The van der Waals surface area contributed by atoms with Crippen molar-refractivity contribution in [1.29, 1.82) is 0 Å². The minimum Gasteiger partial charge on any atom is -0.300 e. The lowest BCUT2D eigenvalue weighted by molar-refractivity contribution is 0.590. The monoisotopic (exact) mass is 192 g/mol. The Bertz CT molecular complexity index is 352. The van der Waals surface area contributed by atoms with E-state index in [1.807, 2.05) is 6.92 Å². The van der Waals surface area contributed by atoms with E-state index in [4.69, 9.17) is 0 Å². The molecule has 0 saturated heterocycles. The summed E-state index contributed by atoms with van der Waals surface area (Å²) >= 11 is 0. The third-order valence-electron chi connectivity index (χ3n) is 1.90. The average Bonchev–Trinajstić information content (AvgIpc) is 2.18. The maximum atomic E-state index is 12.8. The van der Waals surface area contributed by atoms with E-state index in [-0.39, 0.29) is 11.9 Å². The number of nitrogens with zero attached hydrogens (tertiary/aromatic N) is 1. The van der Waals surface area contributed by atoms with E-state index in [1.165, 1.54) is 12.3 Å². The Morgan fingerprint density at radius 1 is 1.57 bits per heavy atom. The first-order valence-electron chi connectivity index (χ1n) is 4.47. The van der Waals surface area contributed by atoms with Crippen LogP contribution in [0.1, 0.15) is 25.5 Å². The van der Waals surface area contributed by atoms with Crippen LogP contribution in [0.5, 0.6) is 0 Å². The van der Waals surface area contributed by atoms with Crippen molar-refractivity contribution >= 4 is 0 Å². The number of aromatic nitrogens is 1. The van der Waals surface area contributed by atoms with Gasteiger partial charge in [-0.2, -0.15) is 0 Å². The fraction of sp³-hybridized carbons (Fsp3) is 0.364. The van der Waals surface area contributed by atoms with Crippen LogP contribution >= 0.6 is 0 Å². The number of rotatable bonds is 3. The fourth-order valence-electron chi connectivity index (χ4n) is 1.08. The molecule has 1 N–H and O–H groups in total. The zero-order chi connectivity index (χ0) is 10.4. The first kappa shape index (κ1) is 10.7.